The Morgan fingerprint density at radius 2 is 2.30 bits per heavy atom. The van der Waals surface area contributed by atoms with Gasteiger partial charge in [-0.1, -0.05) is 0 Å². The number of carbonyl (C=O) groups is 1. The first-order chi connectivity index (χ1) is 9.63. The number of hydrogen-bond acceptors (Lipinski definition) is 4. The second-order valence-corrected chi connectivity index (χ2v) is 4.99. The van der Waals surface area contributed by atoms with Crippen LogP contribution in [-0.4, -0.2) is 30.4 Å². The Balaban J connectivity index is 1.91. The first-order valence-corrected chi connectivity index (χ1v) is 6.65. The first-order valence-electron chi connectivity index (χ1n) is 6.65. The van der Waals surface area contributed by atoms with E-state index in [0.717, 1.165) is 30.6 Å². The van der Waals surface area contributed by atoms with Crippen LogP contribution in [0.1, 0.15) is 29.0 Å². The van der Waals surface area contributed by atoms with E-state index in [0.29, 0.717) is 17.9 Å². The largest absolute Gasteiger partial charge is 0.490 e. The highest BCUT2D eigenvalue weighted by Crippen LogP contribution is 2.31. The molecule has 0 spiro atoms. The second-order valence-electron chi connectivity index (χ2n) is 4.99. The minimum absolute atomic E-state index is 0.0894. The predicted octanol–water partition coefficient (Wildman–Crippen LogP) is 3.00. The van der Waals surface area contributed by atoms with Gasteiger partial charge in [-0.05, 0) is 38.0 Å². The van der Waals surface area contributed by atoms with Crippen molar-refractivity contribution in [1.82, 2.24) is 0 Å². The molecule has 2 heterocycles. The number of fused-ring (bicyclic) bond motifs is 1. The monoisotopic (exact) mass is 276 g/mol. The summed E-state index contributed by atoms with van der Waals surface area (Å²) >= 11 is 0. The summed E-state index contributed by atoms with van der Waals surface area (Å²) in [5.74, 6) is 0.264. The van der Waals surface area contributed by atoms with E-state index in [1.165, 1.54) is 12.1 Å². The molecule has 1 N–H and O–H groups in total. The molecule has 3 rings (SSSR count). The summed E-state index contributed by atoms with van der Waals surface area (Å²) in [6, 6.07) is 4.91. The van der Waals surface area contributed by atoms with Crippen LogP contribution >= 0.6 is 0 Å². The molecule has 2 aromatic rings. The van der Waals surface area contributed by atoms with Gasteiger partial charge in [-0.2, -0.15) is 0 Å². The Hall–Kier alpha value is -2.01. The van der Waals surface area contributed by atoms with E-state index in [4.69, 9.17) is 19.0 Å². The van der Waals surface area contributed by atoms with Crippen molar-refractivity contribution in [2.75, 3.05) is 13.2 Å². The highest BCUT2D eigenvalue weighted by atomic mass is 16.5. The van der Waals surface area contributed by atoms with E-state index in [-0.39, 0.29) is 11.7 Å². The molecule has 0 radical (unpaired) electrons. The molecule has 1 aliphatic rings. The molecular formula is C15H16O5. The van der Waals surface area contributed by atoms with E-state index in [1.54, 1.807) is 0 Å². The molecule has 0 aliphatic carbocycles. The fourth-order valence-electron chi connectivity index (χ4n) is 2.44. The summed E-state index contributed by atoms with van der Waals surface area (Å²) in [4.78, 5) is 11.1. The smallest absolute Gasteiger partial charge is 0.335 e. The van der Waals surface area contributed by atoms with Crippen LogP contribution < -0.4 is 4.74 Å². The van der Waals surface area contributed by atoms with Crippen molar-refractivity contribution in [3.8, 4) is 5.75 Å². The Kier molecular flexibility index (Phi) is 3.36. The lowest BCUT2D eigenvalue weighted by molar-refractivity contribution is 0.0676. The molecule has 20 heavy (non-hydrogen) atoms. The minimum Gasteiger partial charge on any atom is -0.490 e. The molecule has 0 amide bonds. The lowest BCUT2D eigenvalue weighted by Crippen LogP contribution is -2.16. The number of ether oxygens (including phenoxy) is 2. The number of carboxylic acids is 1. The van der Waals surface area contributed by atoms with Gasteiger partial charge in [0.2, 0.25) is 0 Å². The molecule has 5 heteroatoms. The fraction of sp³-hybridized carbons (Fsp3) is 0.400. The Labute approximate surface area is 116 Å². The Bertz CT molecular complexity index is 637. The molecule has 0 saturated carbocycles. The normalized spacial score (nSPS) is 18.6. The van der Waals surface area contributed by atoms with Gasteiger partial charge in [-0.15, -0.1) is 0 Å². The van der Waals surface area contributed by atoms with E-state index >= 15 is 0 Å². The van der Waals surface area contributed by atoms with Crippen molar-refractivity contribution in [1.29, 1.82) is 0 Å². The second kappa shape index (κ2) is 5.17. The minimum atomic E-state index is -0.997. The number of aromatic carboxylic acids is 1. The molecule has 1 saturated heterocycles. The zero-order chi connectivity index (χ0) is 14.1. The van der Waals surface area contributed by atoms with Crippen molar-refractivity contribution in [2.24, 2.45) is 0 Å². The average Bonchev–Trinajstić information content (AvgIpc) is 3.03. The summed E-state index contributed by atoms with van der Waals surface area (Å²) in [7, 11) is 0. The maximum absolute atomic E-state index is 11.1. The number of rotatable bonds is 4. The molecule has 0 unspecified atom stereocenters. The van der Waals surface area contributed by atoms with Crippen LogP contribution in [0.15, 0.2) is 22.6 Å². The van der Waals surface area contributed by atoms with Gasteiger partial charge in [0.15, 0.2) is 0 Å². The van der Waals surface area contributed by atoms with Gasteiger partial charge in [-0.25, -0.2) is 4.79 Å². The molecular weight excluding hydrogens is 260 g/mol. The summed E-state index contributed by atoms with van der Waals surface area (Å²) < 4.78 is 16.8. The van der Waals surface area contributed by atoms with Crippen molar-refractivity contribution in [3.63, 3.8) is 0 Å². The van der Waals surface area contributed by atoms with Crippen molar-refractivity contribution in [2.45, 2.75) is 25.9 Å². The van der Waals surface area contributed by atoms with Gasteiger partial charge < -0.3 is 19.0 Å². The van der Waals surface area contributed by atoms with Gasteiger partial charge in [0.05, 0.1) is 17.1 Å². The maximum atomic E-state index is 11.1. The highest BCUT2D eigenvalue weighted by molar-refractivity contribution is 5.95. The Morgan fingerprint density at radius 1 is 1.45 bits per heavy atom. The number of carboxylic acid groups (broad SMARTS) is 1. The van der Waals surface area contributed by atoms with Crippen LogP contribution in [-0.2, 0) is 4.74 Å². The van der Waals surface area contributed by atoms with E-state index in [2.05, 4.69) is 0 Å². The van der Waals surface area contributed by atoms with Gasteiger partial charge in [0, 0.05) is 6.61 Å². The number of furan rings is 1. The van der Waals surface area contributed by atoms with E-state index in [1.807, 2.05) is 13.0 Å². The summed E-state index contributed by atoms with van der Waals surface area (Å²) in [5, 5.41) is 9.93. The van der Waals surface area contributed by atoms with Crippen LogP contribution in [0.4, 0.5) is 0 Å². The summed E-state index contributed by atoms with van der Waals surface area (Å²) in [5.41, 5.74) is 0.693. The van der Waals surface area contributed by atoms with Gasteiger partial charge in [-0.3, -0.25) is 0 Å². The fourth-order valence-corrected chi connectivity index (χ4v) is 2.44. The number of benzene rings is 1. The molecule has 1 aliphatic heterocycles. The van der Waals surface area contributed by atoms with Gasteiger partial charge in [0.25, 0.3) is 0 Å². The third-order valence-electron chi connectivity index (χ3n) is 3.42. The van der Waals surface area contributed by atoms with Crippen molar-refractivity contribution >= 4 is 16.9 Å². The first kappa shape index (κ1) is 13.0. The quantitative estimate of drug-likeness (QED) is 0.929. The molecule has 1 aromatic heterocycles. The van der Waals surface area contributed by atoms with Crippen molar-refractivity contribution in [3.05, 3.63) is 29.5 Å². The Morgan fingerprint density at radius 3 is 3.00 bits per heavy atom. The van der Waals surface area contributed by atoms with Gasteiger partial charge >= 0.3 is 5.97 Å². The van der Waals surface area contributed by atoms with Crippen molar-refractivity contribution < 1.29 is 23.8 Å². The molecule has 1 atom stereocenters. The highest BCUT2D eigenvalue weighted by Gasteiger charge is 2.18. The lowest BCUT2D eigenvalue weighted by atomic mass is 10.1. The van der Waals surface area contributed by atoms with E-state index in [9.17, 15) is 4.79 Å². The number of aryl methyl sites for hydroxylation is 1. The van der Waals surface area contributed by atoms with Crippen LogP contribution in [0.25, 0.3) is 11.0 Å². The molecule has 1 fully saturated rings. The zero-order valence-electron chi connectivity index (χ0n) is 11.2. The third kappa shape index (κ3) is 2.49. The van der Waals surface area contributed by atoms with Crippen LogP contribution in [0.2, 0.25) is 0 Å². The van der Waals surface area contributed by atoms with Crippen LogP contribution in [0.5, 0.6) is 5.75 Å². The molecule has 5 nitrogen and oxygen atoms in total. The number of hydrogen-bond donors (Lipinski definition) is 1. The topological polar surface area (TPSA) is 68.9 Å². The molecule has 106 valence electrons. The van der Waals surface area contributed by atoms with Crippen LogP contribution in [0, 0.1) is 6.92 Å². The third-order valence-corrected chi connectivity index (χ3v) is 3.42. The standard InChI is InChI=1S/C15H16O5/c1-9-5-12-13(19-8-11-3-2-4-18-11)6-10(15(16)17)7-14(12)20-9/h5-7,11H,2-4,8H2,1H3,(H,16,17)/t11-/m0/s1. The zero-order valence-corrected chi connectivity index (χ0v) is 11.2. The summed E-state index contributed by atoms with van der Waals surface area (Å²) in [6.45, 7) is 3.02. The molecule has 1 aromatic carbocycles. The molecule has 0 bridgehead atoms. The SMILES string of the molecule is Cc1cc2c(OC[C@@H]3CCCO3)cc(C(=O)O)cc2o1. The van der Waals surface area contributed by atoms with Gasteiger partial charge in [0.1, 0.15) is 23.7 Å². The van der Waals surface area contributed by atoms with E-state index < -0.39 is 5.97 Å². The average molecular weight is 276 g/mol. The van der Waals surface area contributed by atoms with Crippen LogP contribution in [0.3, 0.4) is 0 Å². The maximum Gasteiger partial charge on any atom is 0.335 e. The summed E-state index contributed by atoms with van der Waals surface area (Å²) in [6.07, 6.45) is 2.11. The predicted molar refractivity (Wildman–Crippen MR) is 72.4 cm³/mol. The lowest BCUT2D eigenvalue weighted by Gasteiger charge is -2.12.